The second-order valence-electron chi connectivity index (χ2n) is 7.84. The van der Waals surface area contributed by atoms with Crippen molar-refractivity contribution in [3.63, 3.8) is 0 Å². The summed E-state index contributed by atoms with van der Waals surface area (Å²) in [5, 5.41) is 1.92. The van der Waals surface area contributed by atoms with Crippen molar-refractivity contribution < 1.29 is 0 Å². The third-order valence-electron chi connectivity index (χ3n) is 6.42. The number of benzene rings is 2. The lowest BCUT2D eigenvalue weighted by Crippen LogP contribution is -2.34. The molecule has 28 heavy (non-hydrogen) atoms. The van der Waals surface area contributed by atoms with Crippen molar-refractivity contribution >= 4 is 34.2 Å². The lowest BCUT2D eigenvalue weighted by molar-refractivity contribution is 0.331. The predicted molar refractivity (Wildman–Crippen MR) is 116 cm³/mol. The fourth-order valence-electron chi connectivity index (χ4n) is 5.00. The van der Waals surface area contributed by atoms with Gasteiger partial charge in [-0.3, -0.25) is 4.57 Å². The second kappa shape index (κ2) is 5.83. The van der Waals surface area contributed by atoms with Gasteiger partial charge in [0.1, 0.15) is 5.82 Å². The summed E-state index contributed by atoms with van der Waals surface area (Å²) in [6, 6.07) is 23.3. The van der Waals surface area contributed by atoms with Crippen LogP contribution in [0.15, 0.2) is 72.9 Å². The Hall–Kier alpha value is -2.84. The van der Waals surface area contributed by atoms with Crippen LogP contribution in [-0.2, 0) is 5.41 Å². The molecule has 0 amide bonds. The maximum atomic E-state index is 6.31. The quantitative estimate of drug-likeness (QED) is 0.379. The maximum absolute atomic E-state index is 6.31. The van der Waals surface area contributed by atoms with Gasteiger partial charge in [-0.05, 0) is 72.0 Å². The summed E-state index contributed by atoms with van der Waals surface area (Å²) in [6.45, 7) is 0. The van der Waals surface area contributed by atoms with Crippen LogP contribution < -0.4 is 0 Å². The minimum atomic E-state index is 0.140. The van der Waals surface area contributed by atoms with Gasteiger partial charge in [-0.2, -0.15) is 0 Å². The van der Waals surface area contributed by atoms with Crippen molar-refractivity contribution in [1.82, 2.24) is 9.55 Å². The van der Waals surface area contributed by atoms with Gasteiger partial charge in [-0.15, -0.1) is 0 Å². The second-order valence-corrected chi connectivity index (χ2v) is 8.27. The van der Waals surface area contributed by atoms with Crippen LogP contribution in [0.5, 0.6) is 0 Å². The summed E-state index contributed by atoms with van der Waals surface area (Å²) in [5.74, 6) is 0.946. The van der Waals surface area contributed by atoms with Crippen molar-refractivity contribution in [2.24, 2.45) is 0 Å². The number of aromatic nitrogens is 2. The number of nitrogens with zero attached hydrogens (tertiary/aromatic N) is 2. The van der Waals surface area contributed by atoms with Crippen LogP contribution in [-0.4, -0.2) is 9.55 Å². The molecule has 4 aromatic rings. The van der Waals surface area contributed by atoms with Crippen LogP contribution >= 0.6 is 11.6 Å². The number of hydrogen-bond donors (Lipinski definition) is 0. The first-order valence-electron chi connectivity index (χ1n) is 9.81. The van der Waals surface area contributed by atoms with Gasteiger partial charge in [0.05, 0.1) is 11.2 Å². The van der Waals surface area contributed by atoms with Crippen molar-refractivity contribution in [2.45, 2.75) is 24.7 Å². The standard InChI is InChI=1S/C25H19ClN2/c26-19-9-10-22-18(14-19)16-23(28(22)24-8-3-4-13-27-24)21-15-17-6-1-2-7-20(17)25(21)11-5-12-25/h1-4,6-10,13-16H,5,11-12H2. The molecule has 0 aliphatic heterocycles. The molecule has 1 spiro atoms. The minimum absolute atomic E-state index is 0.140. The Morgan fingerprint density at radius 3 is 2.57 bits per heavy atom. The molecular weight excluding hydrogens is 364 g/mol. The average Bonchev–Trinajstić information content (AvgIpc) is 3.23. The van der Waals surface area contributed by atoms with Crippen molar-refractivity contribution in [2.75, 3.05) is 0 Å². The summed E-state index contributed by atoms with van der Waals surface area (Å²) in [4.78, 5) is 4.67. The zero-order chi connectivity index (χ0) is 18.7. The van der Waals surface area contributed by atoms with Crippen LogP contribution in [0.25, 0.3) is 28.4 Å². The van der Waals surface area contributed by atoms with E-state index in [2.05, 4.69) is 64.2 Å². The molecule has 2 nitrogen and oxygen atoms in total. The Labute approximate surface area is 169 Å². The molecule has 136 valence electrons. The number of rotatable bonds is 2. The van der Waals surface area contributed by atoms with Crippen LogP contribution in [0.3, 0.4) is 0 Å². The number of pyridine rings is 1. The van der Waals surface area contributed by atoms with Crippen LogP contribution in [0, 0.1) is 0 Å². The highest BCUT2D eigenvalue weighted by atomic mass is 35.5. The number of hydrogen-bond acceptors (Lipinski definition) is 1. The molecule has 0 atom stereocenters. The van der Waals surface area contributed by atoms with E-state index in [0.717, 1.165) is 21.7 Å². The molecule has 3 heteroatoms. The zero-order valence-electron chi connectivity index (χ0n) is 15.4. The molecule has 1 saturated carbocycles. The fraction of sp³-hybridized carbons (Fsp3) is 0.160. The number of halogens is 1. The van der Waals surface area contributed by atoms with Gasteiger partial charge in [-0.1, -0.05) is 48.4 Å². The third kappa shape index (κ3) is 2.12. The van der Waals surface area contributed by atoms with Gasteiger partial charge < -0.3 is 0 Å². The Kier molecular flexibility index (Phi) is 3.36. The summed E-state index contributed by atoms with van der Waals surface area (Å²) in [6.07, 6.45) is 7.95. The molecule has 0 radical (unpaired) electrons. The molecule has 0 saturated heterocycles. The van der Waals surface area contributed by atoms with Gasteiger partial charge in [0.15, 0.2) is 0 Å². The van der Waals surface area contributed by atoms with E-state index < -0.39 is 0 Å². The van der Waals surface area contributed by atoms with Crippen LogP contribution in [0.2, 0.25) is 5.02 Å². The Morgan fingerprint density at radius 1 is 0.929 bits per heavy atom. The Bertz CT molecular complexity index is 1250. The van der Waals surface area contributed by atoms with E-state index in [-0.39, 0.29) is 5.41 Å². The first-order valence-corrected chi connectivity index (χ1v) is 10.2. The molecule has 2 aliphatic carbocycles. The monoisotopic (exact) mass is 382 g/mol. The molecular formula is C25H19ClN2. The molecule has 2 heterocycles. The summed E-state index contributed by atoms with van der Waals surface area (Å²) in [5.41, 5.74) is 6.76. The molecule has 0 unspecified atom stereocenters. The number of allylic oxidation sites excluding steroid dienone is 1. The first kappa shape index (κ1) is 16.1. The van der Waals surface area contributed by atoms with Gasteiger partial charge >= 0.3 is 0 Å². The molecule has 6 rings (SSSR count). The van der Waals surface area contributed by atoms with E-state index in [0.29, 0.717) is 0 Å². The van der Waals surface area contributed by atoms with Gasteiger partial charge in [0.25, 0.3) is 0 Å². The lowest BCUT2D eigenvalue weighted by atomic mass is 9.61. The summed E-state index contributed by atoms with van der Waals surface area (Å²) >= 11 is 6.31. The normalized spacial score (nSPS) is 16.8. The highest BCUT2D eigenvalue weighted by Gasteiger charge is 2.47. The third-order valence-corrected chi connectivity index (χ3v) is 6.65. The molecule has 2 aromatic heterocycles. The Morgan fingerprint density at radius 2 is 1.79 bits per heavy atom. The fourth-order valence-corrected chi connectivity index (χ4v) is 5.18. The number of fused-ring (bicyclic) bond motifs is 3. The summed E-state index contributed by atoms with van der Waals surface area (Å²) < 4.78 is 2.30. The predicted octanol–water partition coefficient (Wildman–Crippen LogP) is 6.65. The molecule has 0 bridgehead atoms. The van der Waals surface area contributed by atoms with E-state index in [4.69, 9.17) is 11.6 Å². The smallest absolute Gasteiger partial charge is 0.137 e. The maximum Gasteiger partial charge on any atom is 0.137 e. The van der Waals surface area contributed by atoms with Crippen LogP contribution in [0.4, 0.5) is 0 Å². The first-order chi connectivity index (χ1) is 13.8. The van der Waals surface area contributed by atoms with Crippen LogP contribution in [0.1, 0.15) is 36.1 Å². The minimum Gasteiger partial charge on any atom is -0.294 e. The molecule has 2 aromatic carbocycles. The molecule has 0 N–H and O–H groups in total. The lowest BCUT2D eigenvalue weighted by Gasteiger charge is -2.42. The highest BCUT2D eigenvalue weighted by Crippen LogP contribution is 2.58. The topological polar surface area (TPSA) is 17.8 Å². The SMILES string of the molecule is Clc1ccc2c(c1)cc(C1=Cc3ccccc3C13CCC3)n2-c1ccccn1. The van der Waals surface area contributed by atoms with Crippen molar-refractivity contribution in [3.05, 3.63) is 94.8 Å². The van der Waals surface area contributed by atoms with Gasteiger partial charge in [0, 0.05) is 22.0 Å². The van der Waals surface area contributed by atoms with E-state index in [1.54, 1.807) is 0 Å². The van der Waals surface area contributed by atoms with E-state index >= 15 is 0 Å². The largest absolute Gasteiger partial charge is 0.294 e. The van der Waals surface area contributed by atoms with E-state index in [9.17, 15) is 0 Å². The van der Waals surface area contributed by atoms with Gasteiger partial charge in [-0.25, -0.2) is 4.98 Å². The average molecular weight is 383 g/mol. The molecule has 1 fully saturated rings. The van der Waals surface area contributed by atoms with Crippen molar-refractivity contribution in [3.8, 4) is 5.82 Å². The highest BCUT2D eigenvalue weighted by molar-refractivity contribution is 6.31. The van der Waals surface area contributed by atoms with Gasteiger partial charge in [0.2, 0.25) is 0 Å². The Balaban J connectivity index is 1.66. The van der Waals surface area contributed by atoms with E-state index in [1.165, 1.54) is 41.7 Å². The summed E-state index contributed by atoms with van der Waals surface area (Å²) in [7, 11) is 0. The molecule has 2 aliphatic rings. The zero-order valence-corrected chi connectivity index (χ0v) is 16.2. The van der Waals surface area contributed by atoms with Crippen molar-refractivity contribution in [1.29, 1.82) is 0 Å². The van der Waals surface area contributed by atoms with E-state index in [1.807, 2.05) is 24.4 Å².